The van der Waals surface area contributed by atoms with E-state index in [1.54, 1.807) is 12.3 Å². The van der Waals surface area contributed by atoms with Gasteiger partial charge in [0, 0.05) is 37.4 Å². The van der Waals surface area contributed by atoms with Gasteiger partial charge in [0.1, 0.15) is 5.82 Å². The molecule has 2 N–H and O–H groups in total. The van der Waals surface area contributed by atoms with Crippen molar-refractivity contribution >= 4 is 17.5 Å². The van der Waals surface area contributed by atoms with Crippen LogP contribution in [0.4, 0.5) is 4.39 Å². The molecule has 1 fully saturated rings. The first kappa shape index (κ1) is 18.8. The molecule has 2 unspecified atom stereocenters. The molecule has 1 aromatic carbocycles. The highest BCUT2D eigenvalue weighted by Gasteiger charge is 2.27. The molecule has 1 aliphatic heterocycles. The molecule has 5 nitrogen and oxygen atoms in total. The van der Waals surface area contributed by atoms with Crippen LogP contribution in [0.2, 0.25) is 5.02 Å². The van der Waals surface area contributed by atoms with Crippen molar-refractivity contribution < 1.29 is 13.9 Å². The first-order chi connectivity index (χ1) is 12.6. The van der Waals surface area contributed by atoms with Crippen molar-refractivity contribution in [2.75, 3.05) is 26.2 Å². The second-order valence-electron chi connectivity index (χ2n) is 6.23. The Kier molecular flexibility index (Phi) is 6.55. The molecule has 1 amide bonds. The molecular weight excluding hydrogens is 357 g/mol. The number of carbonyl (C=O) groups excluding carboxylic acids is 1. The minimum atomic E-state index is -0.470. The Morgan fingerprint density at radius 3 is 3.04 bits per heavy atom. The lowest BCUT2D eigenvalue weighted by molar-refractivity contribution is -0.120. The third-order valence-electron chi connectivity index (χ3n) is 4.31. The molecular formula is C19H21ClFN3O2. The zero-order valence-corrected chi connectivity index (χ0v) is 15.0. The molecule has 7 heteroatoms. The van der Waals surface area contributed by atoms with Crippen LogP contribution in [0, 0.1) is 11.7 Å². The molecule has 0 saturated carbocycles. The summed E-state index contributed by atoms with van der Waals surface area (Å²) >= 11 is 5.78. The SMILES string of the molecule is O=C(Cc1ccccn1)NCC1CNCCOC1c1ccc(Cl)c(F)c1. The van der Waals surface area contributed by atoms with E-state index >= 15 is 0 Å². The van der Waals surface area contributed by atoms with Crippen molar-refractivity contribution in [2.45, 2.75) is 12.5 Å². The van der Waals surface area contributed by atoms with E-state index in [-0.39, 0.29) is 29.4 Å². The third kappa shape index (κ3) is 5.00. The number of rotatable bonds is 5. The summed E-state index contributed by atoms with van der Waals surface area (Å²) in [6.07, 6.45) is 1.57. The van der Waals surface area contributed by atoms with Crippen LogP contribution >= 0.6 is 11.6 Å². The van der Waals surface area contributed by atoms with Crippen molar-refractivity contribution in [1.29, 1.82) is 0 Å². The maximum Gasteiger partial charge on any atom is 0.226 e. The number of hydrogen-bond donors (Lipinski definition) is 2. The molecule has 2 aromatic rings. The fourth-order valence-corrected chi connectivity index (χ4v) is 3.12. The Bertz CT molecular complexity index is 745. The third-order valence-corrected chi connectivity index (χ3v) is 4.62. The summed E-state index contributed by atoms with van der Waals surface area (Å²) in [5.41, 5.74) is 1.44. The van der Waals surface area contributed by atoms with Gasteiger partial charge in [-0.1, -0.05) is 23.7 Å². The Labute approximate surface area is 156 Å². The van der Waals surface area contributed by atoms with Crippen LogP contribution in [-0.2, 0) is 16.0 Å². The van der Waals surface area contributed by atoms with E-state index < -0.39 is 5.82 Å². The van der Waals surface area contributed by atoms with E-state index in [1.165, 1.54) is 12.1 Å². The van der Waals surface area contributed by atoms with Crippen LogP contribution in [0.15, 0.2) is 42.6 Å². The van der Waals surface area contributed by atoms with Crippen molar-refractivity contribution in [3.05, 3.63) is 64.7 Å². The van der Waals surface area contributed by atoms with E-state index in [9.17, 15) is 9.18 Å². The predicted molar refractivity (Wildman–Crippen MR) is 97.4 cm³/mol. The average Bonchev–Trinajstić information content (AvgIpc) is 2.89. The molecule has 2 atom stereocenters. The predicted octanol–water partition coefficient (Wildman–Crippen LogP) is 2.51. The lowest BCUT2D eigenvalue weighted by atomic mass is 9.95. The number of benzene rings is 1. The number of hydrogen-bond acceptors (Lipinski definition) is 4. The van der Waals surface area contributed by atoms with Crippen LogP contribution in [0.5, 0.6) is 0 Å². The first-order valence-corrected chi connectivity index (χ1v) is 8.95. The van der Waals surface area contributed by atoms with Crippen molar-refractivity contribution in [3.8, 4) is 0 Å². The molecule has 1 saturated heterocycles. The molecule has 0 radical (unpaired) electrons. The zero-order chi connectivity index (χ0) is 18.4. The monoisotopic (exact) mass is 377 g/mol. The van der Waals surface area contributed by atoms with Crippen LogP contribution in [0.3, 0.4) is 0 Å². The topological polar surface area (TPSA) is 63.2 Å². The summed E-state index contributed by atoms with van der Waals surface area (Å²) in [4.78, 5) is 16.4. The maximum absolute atomic E-state index is 13.8. The number of ether oxygens (including phenoxy) is 1. The van der Waals surface area contributed by atoms with Gasteiger partial charge in [-0.2, -0.15) is 0 Å². The maximum atomic E-state index is 13.8. The Balaban J connectivity index is 1.65. The van der Waals surface area contributed by atoms with Gasteiger partial charge in [0.15, 0.2) is 0 Å². The minimum Gasteiger partial charge on any atom is -0.372 e. The van der Waals surface area contributed by atoms with E-state index in [0.29, 0.717) is 26.2 Å². The van der Waals surface area contributed by atoms with Gasteiger partial charge in [-0.15, -0.1) is 0 Å². The number of amides is 1. The molecule has 2 heterocycles. The Morgan fingerprint density at radius 1 is 1.38 bits per heavy atom. The highest BCUT2D eigenvalue weighted by Crippen LogP contribution is 2.29. The molecule has 0 spiro atoms. The van der Waals surface area contributed by atoms with E-state index in [1.807, 2.05) is 18.2 Å². The van der Waals surface area contributed by atoms with Crippen LogP contribution in [0.1, 0.15) is 17.4 Å². The molecule has 3 rings (SSSR count). The second-order valence-corrected chi connectivity index (χ2v) is 6.64. The van der Waals surface area contributed by atoms with E-state index in [2.05, 4.69) is 15.6 Å². The van der Waals surface area contributed by atoms with Gasteiger partial charge < -0.3 is 15.4 Å². The number of nitrogens with one attached hydrogen (secondary N) is 2. The quantitative estimate of drug-likeness (QED) is 0.840. The summed E-state index contributed by atoms with van der Waals surface area (Å²) in [5.74, 6) is -0.595. The summed E-state index contributed by atoms with van der Waals surface area (Å²) in [7, 11) is 0. The Hall–Kier alpha value is -2.02. The molecule has 0 bridgehead atoms. The first-order valence-electron chi connectivity index (χ1n) is 8.57. The summed E-state index contributed by atoms with van der Waals surface area (Å²) in [6, 6.07) is 10.2. The molecule has 0 aliphatic carbocycles. The van der Waals surface area contributed by atoms with Gasteiger partial charge in [-0.05, 0) is 29.8 Å². The number of aromatic nitrogens is 1. The summed E-state index contributed by atoms with van der Waals surface area (Å²) in [5, 5.41) is 6.31. The van der Waals surface area contributed by atoms with Crippen LogP contribution < -0.4 is 10.6 Å². The van der Waals surface area contributed by atoms with Crippen molar-refractivity contribution in [1.82, 2.24) is 15.6 Å². The summed E-state index contributed by atoms with van der Waals surface area (Å²) in [6.45, 7) is 2.32. The summed E-state index contributed by atoms with van der Waals surface area (Å²) < 4.78 is 19.8. The van der Waals surface area contributed by atoms with Crippen LogP contribution in [0.25, 0.3) is 0 Å². The normalized spacial score (nSPS) is 20.4. The van der Waals surface area contributed by atoms with Gasteiger partial charge in [0.05, 0.1) is 24.2 Å². The van der Waals surface area contributed by atoms with Crippen molar-refractivity contribution in [3.63, 3.8) is 0 Å². The fraction of sp³-hybridized carbons (Fsp3) is 0.368. The molecule has 26 heavy (non-hydrogen) atoms. The highest BCUT2D eigenvalue weighted by atomic mass is 35.5. The average molecular weight is 378 g/mol. The molecule has 138 valence electrons. The lowest BCUT2D eigenvalue weighted by Gasteiger charge is -2.25. The smallest absolute Gasteiger partial charge is 0.226 e. The fourth-order valence-electron chi connectivity index (χ4n) is 3.00. The van der Waals surface area contributed by atoms with Gasteiger partial charge in [0.2, 0.25) is 5.91 Å². The van der Waals surface area contributed by atoms with Gasteiger partial charge >= 0.3 is 0 Å². The zero-order valence-electron chi connectivity index (χ0n) is 14.3. The number of halogens is 2. The Morgan fingerprint density at radius 2 is 2.27 bits per heavy atom. The van der Waals surface area contributed by atoms with E-state index in [0.717, 1.165) is 11.3 Å². The van der Waals surface area contributed by atoms with Gasteiger partial charge in [-0.25, -0.2) is 4.39 Å². The number of carbonyl (C=O) groups is 1. The van der Waals surface area contributed by atoms with E-state index in [4.69, 9.17) is 16.3 Å². The lowest BCUT2D eigenvalue weighted by Crippen LogP contribution is -2.37. The van der Waals surface area contributed by atoms with Crippen molar-refractivity contribution in [2.24, 2.45) is 5.92 Å². The standard InChI is InChI=1S/C19H21ClFN3O2/c20-16-5-4-13(9-17(16)21)19-14(11-22-7-8-26-19)12-24-18(25)10-15-3-1-2-6-23-15/h1-6,9,14,19,22H,7-8,10-12H2,(H,24,25). The minimum absolute atomic E-state index is 0.0224. The van der Waals surface area contributed by atoms with Crippen LogP contribution in [-0.4, -0.2) is 37.1 Å². The number of pyridine rings is 1. The van der Waals surface area contributed by atoms with Gasteiger partial charge in [-0.3, -0.25) is 9.78 Å². The largest absolute Gasteiger partial charge is 0.372 e. The highest BCUT2D eigenvalue weighted by molar-refractivity contribution is 6.30. The molecule has 1 aromatic heterocycles. The number of nitrogens with zero attached hydrogens (tertiary/aromatic N) is 1. The molecule has 1 aliphatic rings. The second kappa shape index (κ2) is 9.07. The van der Waals surface area contributed by atoms with Gasteiger partial charge in [0.25, 0.3) is 0 Å².